The number of aromatic nitrogens is 1. The fraction of sp³-hybridized carbons (Fsp3) is 0.474. The van der Waals surface area contributed by atoms with Gasteiger partial charge in [-0.05, 0) is 37.3 Å². The third-order valence-corrected chi connectivity index (χ3v) is 5.15. The lowest BCUT2D eigenvalue weighted by molar-refractivity contribution is -0.147. The Morgan fingerprint density at radius 2 is 2.21 bits per heavy atom. The molecule has 2 N–H and O–H groups in total. The van der Waals surface area contributed by atoms with Gasteiger partial charge in [-0.3, -0.25) is 9.59 Å². The minimum absolute atomic E-state index is 0.00219. The van der Waals surface area contributed by atoms with E-state index in [1.165, 1.54) is 10.9 Å². The molecule has 1 aliphatic rings. The fourth-order valence-corrected chi connectivity index (χ4v) is 3.44. The van der Waals surface area contributed by atoms with Gasteiger partial charge in [-0.1, -0.05) is 25.1 Å². The van der Waals surface area contributed by atoms with E-state index in [2.05, 4.69) is 16.4 Å². The number of para-hydroxylation sites is 1. The quantitative estimate of drug-likeness (QED) is 0.768. The second kappa shape index (κ2) is 7.07. The molecule has 0 unspecified atom stereocenters. The predicted molar refractivity (Wildman–Crippen MR) is 92.5 cm³/mol. The highest BCUT2D eigenvalue weighted by Crippen LogP contribution is 2.38. The smallest absolute Gasteiger partial charge is 0.312 e. The summed E-state index contributed by atoms with van der Waals surface area (Å²) < 4.78 is 5.09. The SMILES string of the molecule is CC[C@]1(CCC(=O)NCCc2c[nH]c3ccccc23)CCOC1=O. The number of H-pyrrole nitrogens is 1. The number of rotatable bonds is 7. The third-order valence-electron chi connectivity index (χ3n) is 5.15. The van der Waals surface area contributed by atoms with Crippen molar-refractivity contribution < 1.29 is 14.3 Å². The highest BCUT2D eigenvalue weighted by Gasteiger charge is 2.42. The monoisotopic (exact) mass is 328 g/mol. The summed E-state index contributed by atoms with van der Waals surface area (Å²) in [6.07, 6.45) is 5.19. The normalized spacial score (nSPS) is 20.3. The van der Waals surface area contributed by atoms with Gasteiger partial charge in [0.25, 0.3) is 0 Å². The van der Waals surface area contributed by atoms with E-state index in [0.717, 1.165) is 24.8 Å². The summed E-state index contributed by atoms with van der Waals surface area (Å²) in [6.45, 7) is 3.07. The minimum atomic E-state index is -0.450. The molecule has 0 aliphatic carbocycles. The first-order valence-electron chi connectivity index (χ1n) is 8.63. The molecular formula is C19H24N2O3. The Morgan fingerprint density at radius 1 is 1.38 bits per heavy atom. The van der Waals surface area contributed by atoms with E-state index >= 15 is 0 Å². The van der Waals surface area contributed by atoms with Crippen LogP contribution in [0.2, 0.25) is 0 Å². The average molecular weight is 328 g/mol. The molecule has 2 heterocycles. The van der Waals surface area contributed by atoms with Crippen LogP contribution in [0.4, 0.5) is 0 Å². The highest BCUT2D eigenvalue weighted by molar-refractivity contribution is 5.83. The van der Waals surface area contributed by atoms with E-state index in [9.17, 15) is 9.59 Å². The van der Waals surface area contributed by atoms with Gasteiger partial charge in [0, 0.05) is 30.1 Å². The molecular weight excluding hydrogens is 304 g/mol. The van der Waals surface area contributed by atoms with Crippen molar-refractivity contribution in [1.29, 1.82) is 0 Å². The van der Waals surface area contributed by atoms with Gasteiger partial charge >= 0.3 is 5.97 Å². The van der Waals surface area contributed by atoms with Crippen LogP contribution in [0, 0.1) is 5.41 Å². The first-order valence-corrected chi connectivity index (χ1v) is 8.63. The standard InChI is InChI=1S/C19H24N2O3/c1-2-19(10-12-24-18(19)23)9-7-17(22)20-11-8-14-13-21-16-6-4-3-5-15(14)16/h3-6,13,21H,2,7-12H2,1H3,(H,20,22)/t19-/m0/s1. The van der Waals surface area contributed by atoms with Gasteiger partial charge < -0.3 is 15.0 Å². The van der Waals surface area contributed by atoms with Crippen molar-refractivity contribution >= 4 is 22.8 Å². The summed E-state index contributed by atoms with van der Waals surface area (Å²) in [5.41, 5.74) is 1.87. The summed E-state index contributed by atoms with van der Waals surface area (Å²) >= 11 is 0. The number of nitrogens with one attached hydrogen (secondary N) is 2. The second-order valence-corrected chi connectivity index (χ2v) is 6.48. The molecule has 5 nitrogen and oxygen atoms in total. The number of esters is 1. The lowest BCUT2D eigenvalue weighted by Gasteiger charge is -2.22. The summed E-state index contributed by atoms with van der Waals surface area (Å²) in [6, 6.07) is 8.15. The Balaban J connectivity index is 1.47. The van der Waals surface area contributed by atoms with Gasteiger partial charge in [-0.2, -0.15) is 0 Å². The topological polar surface area (TPSA) is 71.2 Å². The Bertz CT molecular complexity index is 737. The number of cyclic esters (lactones) is 1. The van der Waals surface area contributed by atoms with Crippen LogP contribution in [0.25, 0.3) is 10.9 Å². The zero-order chi connectivity index (χ0) is 17.0. The first-order chi connectivity index (χ1) is 11.6. The zero-order valence-corrected chi connectivity index (χ0v) is 14.1. The molecule has 5 heteroatoms. The third kappa shape index (κ3) is 3.30. The number of carbonyl (C=O) groups excluding carboxylic acids is 2. The molecule has 3 rings (SSSR count). The Labute approximate surface area is 141 Å². The molecule has 0 saturated carbocycles. The average Bonchev–Trinajstić information content (AvgIpc) is 3.17. The van der Waals surface area contributed by atoms with E-state index in [1.54, 1.807) is 0 Å². The maximum absolute atomic E-state index is 12.1. The zero-order valence-electron chi connectivity index (χ0n) is 14.1. The lowest BCUT2D eigenvalue weighted by Crippen LogP contribution is -2.30. The van der Waals surface area contributed by atoms with Gasteiger partial charge in [0.2, 0.25) is 5.91 Å². The highest BCUT2D eigenvalue weighted by atomic mass is 16.5. The Morgan fingerprint density at radius 3 is 2.96 bits per heavy atom. The van der Waals surface area contributed by atoms with Crippen LogP contribution in [0.3, 0.4) is 0 Å². The van der Waals surface area contributed by atoms with Gasteiger partial charge in [-0.15, -0.1) is 0 Å². The minimum Gasteiger partial charge on any atom is -0.465 e. The van der Waals surface area contributed by atoms with E-state index in [0.29, 0.717) is 26.0 Å². The molecule has 1 atom stereocenters. The predicted octanol–water partition coefficient (Wildman–Crippen LogP) is 2.95. The summed E-state index contributed by atoms with van der Waals surface area (Å²) in [7, 11) is 0. The molecule has 2 aromatic rings. The molecule has 1 aromatic heterocycles. The summed E-state index contributed by atoms with van der Waals surface area (Å²) in [5.74, 6) is -0.140. The largest absolute Gasteiger partial charge is 0.465 e. The number of ether oxygens (including phenoxy) is 1. The molecule has 1 aliphatic heterocycles. The van der Waals surface area contributed by atoms with Crippen molar-refractivity contribution in [3.8, 4) is 0 Å². The van der Waals surface area contributed by atoms with Crippen LogP contribution in [-0.4, -0.2) is 30.0 Å². The molecule has 1 aromatic carbocycles. The van der Waals surface area contributed by atoms with Crippen LogP contribution in [-0.2, 0) is 20.7 Å². The summed E-state index contributed by atoms with van der Waals surface area (Å²) in [4.78, 5) is 27.2. The van der Waals surface area contributed by atoms with E-state index in [4.69, 9.17) is 4.74 Å². The molecule has 1 amide bonds. The van der Waals surface area contributed by atoms with Crippen LogP contribution in [0.1, 0.15) is 38.2 Å². The van der Waals surface area contributed by atoms with Crippen molar-refractivity contribution in [2.24, 2.45) is 5.41 Å². The number of carbonyl (C=O) groups is 2. The Kier molecular flexibility index (Phi) is 4.88. The number of fused-ring (bicyclic) bond motifs is 1. The van der Waals surface area contributed by atoms with Crippen LogP contribution < -0.4 is 5.32 Å². The first kappa shape index (κ1) is 16.6. The van der Waals surface area contributed by atoms with Crippen LogP contribution >= 0.6 is 0 Å². The van der Waals surface area contributed by atoms with Crippen LogP contribution in [0.15, 0.2) is 30.5 Å². The number of hydrogen-bond donors (Lipinski definition) is 2. The number of aromatic amines is 1. The maximum Gasteiger partial charge on any atom is 0.312 e. The van der Waals surface area contributed by atoms with E-state index in [-0.39, 0.29) is 11.9 Å². The van der Waals surface area contributed by atoms with E-state index in [1.807, 2.05) is 31.3 Å². The van der Waals surface area contributed by atoms with Crippen molar-refractivity contribution in [3.05, 3.63) is 36.0 Å². The second-order valence-electron chi connectivity index (χ2n) is 6.48. The van der Waals surface area contributed by atoms with Gasteiger partial charge in [0.1, 0.15) is 0 Å². The molecule has 24 heavy (non-hydrogen) atoms. The fourth-order valence-electron chi connectivity index (χ4n) is 3.44. The van der Waals surface area contributed by atoms with Crippen molar-refractivity contribution in [2.45, 2.75) is 39.0 Å². The van der Waals surface area contributed by atoms with Gasteiger partial charge in [-0.25, -0.2) is 0 Å². The van der Waals surface area contributed by atoms with Crippen molar-refractivity contribution in [3.63, 3.8) is 0 Å². The number of benzene rings is 1. The lowest BCUT2D eigenvalue weighted by atomic mass is 9.79. The van der Waals surface area contributed by atoms with Crippen molar-refractivity contribution in [1.82, 2.24) is 10.3 Å². The Hall–Kier alpha value is -2.30. The van der Waals surface area contributed by atoms with E-state index < -0.39 is 5.41 Å². The number of amides is 1. The molecule has 0 bridgehead atoms. The van der Waals surface area contributed by atoms with Crippen molar-refractivity contribution in [2.75, 3.05) is 13.2 Å². The molecule has 0 spiro atoms. The molecule has 128 valence electrons. The van der Waals surface area contributed by atoms with Crippen LogP contribution in [0.5, 0.6) is 0 Å². The molecule has 0 radical (unpaired) electrons. The molecule has 1 fully saturated rings. The van der Waals surface area contributed by atoms with Gasteiger partial charge in [0.05, 0.1) is 12.0 Å². The summed E-state index contributed by atoms with van der Waals surface area (Å²) in [5, 5.41) is 4.16. The number of hydrogen-bond acceptors (Lipinski definition) is 3. The molecule has 1 saturated heterocycles. The maximum atomic E-state index is 12.1. The van der Waals surface area contributed by atoms with Gasteiger partial charge in [0.15, 0.2) is 0 Å².